The highest BCUT2D eigenvalue weighted by molar-refractivity contribution is 5.95. The lowest BCUT2D eigenvalue weighted by atomic mass is 9.85. The minimum Gasteiger partial charge on any atom is -0.308 e. The molecular weight excluding hydrogens is 424 g/mol. The van der Waals surface area contributed by atoms with E-state index in [0.29, 0.717) is 0 Å². The van der Waals surface area contributed by atoms with Gasteiger partial charge in [0.05, 0.1) is 22.8 Å². The van der Waals surface area contributed by atoms with Gasteiger partial charge < -0.3 is 4.90 Å². The fourth-order valence-corrected chi connectivity index (χ4v) is 7.08. The van der Waals surface area contributed by atoms with Crippen LogP contribution in [0.2, 0.25) is 0 Å². The Hall–Kier alpha value is -4.17. The van der Waals surface area contributed by atoms with E-state index in [4.69, 9.17) is 4.98 Å². The van der Waals surface area contributed by atoms with Crippen molar-refractivity contribution in [1.29, 1.82) is 0 Å². The van der Waals surface area contributed by atoms with Gasteiger partial charge in [-0.1, -0.05) is 60.7 Å². The first-order valence-electron chi connectivity index (χ1n) is 12.6. The van der Waals surface area contributed by atoms with E-state index in [9.17, 15) is 0 Å². The lowest BCUT2D eigenvalue weighted by molar-refractivity contribution is 0.959. The van der Waals surface area contributed by atoms with Gasteiger partial charge in [0.25, 0.3) is 0 Å². The Kier molecular flexibility index (Phi) is 3.27. The van der Waals surface area contributed by atoms with Crippen LogP contribution in [0.4, 0.5) is 17.1 Å². The van der Waals surface area contributed by atoms with Crippen LogP contribution in [0.25, 0.3) is 22.3 Å². The molecular formula is C33H22N2. The molecule has 0 unspecified atom stereocenters. The Morgan fingerprint density at radius 2 is 1.31 bits per heavy atom. The highest BCUT2D eigenvalue weighted by Gasteiger charge is 2.36. The third-order valence-electron chi connectivity index (χ3n) is 8.55. The number of aromatic nitrogens is 1. The van der Waals surface area contributed by atoms with Gasteiger partial charge in [0.1, 0.15) is 0 Å². The maximum Gasteiger partial charge on any atom is 0.0716 e. The van der Waals surface area contributed by atoms with E-state index < -0.39 is 0 Å². The topological polar surface area (TPSA) is 16.1 Å². The summed E-state index contributed by atoms with van der Waals surface area (Å²) in [5.74, 6) is 0. The molecule has 3 heterocycles. The van der Waals surface area contributed by atoms with Crippen LogP contribution in [-0.4, -0.2) is 4.98 Å². The molecule has 2 nitrogen and oxygen atoms in total. The van der Waals surface area contributed by atoms with Crippen molar-refractivity contribution >= 4 is 17.1 Å². The monoisotopic (exact) mass is 446 g/mol. The SMILES string of the molecule is c1ccc2c(c1)Cc1cc3c(cc1-2)N1c2ccc4c(c2Cc2nccc(c21)C3)-c1ccccc1C4. The summed E-state index contributed by atoms with van der Waals surface area (Å²) in [6.45, 7) is 0. The molecule has 0 N–H and O–H groups in total. The van der Waals surface area contributed by atoms with Crippen LogP contribution in [-0.2, 0) is 25.7 Å². The lowest BCUT2D eigenvalue weighted by Crippen LogP contribution is -2.26. The molecule has 0 radical (unpaired) electrons. The lowest BCUT2D eigenvalue weighted by Gasteiger charge is -2.39. The number of hydrogen-bond donors (Lipinski definition) is 0. The number of rotatable bonds is 0. The maximum absolute atomic E-state index is 4.93. The van der Waals surface area contributed by atoms with Gasteiger partial charge >= 0.3 is 0 Å². The molecule has 35 heavy (non-hydrogen) atoms. The van der Waals surface area contributed by atoms with Crippen LogP contribution in [0, 0.1) is 0 Å². The Balaban J connectivity index is 1.33. The van der Waals surface area contributed by atoms with E-state index in [2.05, 4.69) is 83.8 Å². The quantitative estimate of drug-likeness (QED) is 0.240. The molecule has 0 atom stereocenters. The van der Waals surface area contributed by atoms with E-state index in [-0.39, 0.29) is 0 Å². The molecule has 2 aliphatic heterocycles. The van der Waals surface area contributed by atoms with Crippen molar-refractivity contribution in [3.63, 3.8) is 0 Å². The summed E-state index contributed by atoms with van der Waals surface area (Å²) in [5, 5.41) is 0. The Bertz CT molecular complexity index is 1760. The first-order chi connectivity index (χ1) is 17.3. The maximum atomic E-state index is 4.93. The molecule has 4 aromatic carbocycles. The second-order valence-electron chi connectivity index (χ2n) is 10.4. The zero-order valence-corrected chi connectivity index (χ0v) is 19.3. The fraction of sp³-hybridized carbons (Fsp3) is 0.121. The highest BCUT2D eigenvalue weighted by atomic mass is 15.2. The van der Waals surface area contributed by atoms with Crippen LogP contribution in [0.3, 0.4) is 0 Å². The molecule has 0 saturated heterocycles. The summed E-state index contributed by atoms with van der Waals surface area (Å²) in [6, 6.07) is 29.7. The van der Waals surface area contributed by atoms with Crippen LogP contribution >= 0.6 is 0 Å². The number of anilines is 3. The third-order valence-corrected chi connectivity index (χ3v) is 8.55. The van der Waals surface area contributed by atoms with Gasteiger partial charge in [0, 0.05) is 19.0 Å². The first kappa shape index (κ1) is 18.2. The van der Waals surface area contributed by atoms with Crippen molar-refractivity contribution in [3.05, 3.63) is 130 Å². The second-order valence-corrected chi connectivity index (χ2v) is 10.4. The molecule has 0 bridgehead atoms. The van der Waals surface area contributed by atoms with Crippen LogP contribution < -0.4 is 4.90 Å². The van der Waals surface area contributed by atoms with Crippen molar-refractivity contribution in [3.8, 4) is 22.3 Å². The number of nitrogens with zero attached hydrogens (tertiary/aromatic N) is 2. The van der Waals surface area contributed by atoms with Crippen LogP contribution in [0.1, 0.15) is 44.6 Å². The van der Waals surface area contributed by atoms with Crippen molar-refractivity contribution in [1.82, 2.24) is 4.98 Å². The molecule has 0 saturated carbocycles. The number of fused-ring (bicyclic) bond motifs is 11. The summed E-state index contributed by atoms with van der Waals surface area (Å²) in [7, 11) is 0. The molecule has 4 aliphatic rings. The molecule has 2 aliphatic carbocycles. The smallest absolute Gasteiger partial charge is 0.0716 e. The largest absolute Gasteiger partial charge is 0.308 e. The molecule has 0 spiro atoms. The van der Waals surface area contributed by atoms with Crippen molar-refractivity contribution in [2.75, 3.05) is 4.90 Å². The van der Waals surface area contributed by atoms with Gasteiger partial charge in [-0.3, -0.25) is 4.98 Å². The van der Waals surface area contributed by atoms with Crippen LogP contribution in [0.5, 0.6) is 0 Å². The standard InChI is InChI=1S/C33H22N2/c1-3-7-25-19(5-1)14-23-16-24-15-22-11-12-34-29-17-28-30(35(33(22)29)31(24)18-27(23)25)10-9-21-13-20-6-2-4-8-26(20)32(21)28/h1-12,16,18H,13-15,17H2. The minimum atomic E-state index is 0.898. The van der Waals surface area contributed by atoms with E-state index in [1.54, 1.807) is 0 Å². The predicted molar refractivity (Wildman–Crippen MR) is 141 cm³/mol. The molecule has 2 heteroatoms. The summed E-state index contributed by atoms with van der Waals surface area (Å²) in [4.78, 5) is 7.47. The highest BCUT2D eigenvalue weighted by Crippen LogP contribution is 2.55. The zero-order valence-electron chi connectivity index (χ0n) is 19.3. The summed E-state index contributed by atoms with van der Waals surface area (Å²) in [6.07, 6.45) is 5.95. The number of pyridine rings is 1. The molecule has 9 rings (SSSR count). The predicted octanol–water partition coefficient (Wildman–Crippen LogP) is 7.50. The molecule has 0 fully saturated rings. The first-order valence-corrected chi connectivity index (χ1v) is 12.6. The Morgan fingerprint density at radius 1 is 0.543 bits per heavy atom. The van der Waals surface area contributed by atoms with Crippen molar-refractivity contribution in [2.45, 2.75) is 25.7 Å². The number of benzene rings is 4. The summed E-state index contributed by atoms with van der Waals surface area (Å²) in [5.41, 5.74) is 20.8. The van der Waals surface area contributed by atoms with Gasteiger partial charge in [0.15, 0.2) is 0 Å². The van der Waals surface area contributed by atoms with Gasteiger partial charge in [-0.05, 0) is 92.2 Å². The van der Waals surface area contributed by atoms with Crippen LogP contribution in [0.15, 0.2) is 85.1 Å². The van der Waals surface area contributed by atoms with Crippen molar-refractivity contribution in [2.24, 2.45) is 0 Å². The van der Waals surface area contributed by atoms with E-state index >= 15 is 0 Å². The molecule has 164 valence electrons. The van der Waals surface area contributed by atoms with E-state index in [0.717, 1.165) is 25.7 Å². The van der Waals surface area contributed by atoms with Gasteiger partial charge in [-0.2, -0.15) is 0 Å². The Morgan fingerprint density at radius 3 is 2.23 bits per heavy atom. The van der Waals surface area contributed by atoms with E-state index in [1.165, 1.54) is 84.0 Å². The molecule has 1 aromatic heterocycles. The third kappa shape index (κ3) is 2.27. The van der Waals surface area contributed by atoms with E-state index in [1.807, 2.05) is 6.20 Å². The zero-order chi connectivity index (χ0) is 22.7. The van der Waals surface area contributed by atoms with Gasteiger partial charge in [-0.25, -0.2) is 0 Å². The number of hydrogen-bond acceptors (Lipinski definition) is 2. The fourth-order valence-electron chi connectivity index (χ4n) is 7.08. The second kappa shape index (κ2) is 6.28. The summed E-state index contributed by atoms with van der Waals surface area (Å²) < 4.78 is 0. The van der Waals surface area contributed by atoms with Gasteiger partial charge in [0.2, 0.25) is 0 Å². The average molecular weight is 447 g/mol. The summed E-state index contributed by atoms with van der Waals surface area (Å²) >= 11 is 0. The Labute approximate surface area is 204 Å². The molecule has 0 amide bonds. The normalized spacial score (nSPS) is 14.9. The van der Waals surface area contributed by atoms with Gasteiger partial charge in [-0.15, -0.1) is 0 Å². The average Bonchev–Trinajstić information content (AvgIpc) is 3.45. The molecule has 5 aromatic rings. The minimum absolute atomic E-state index is 0.898. The van der Waals surface area contributed by atoms with Crippen molar-refractivity contribution < 1.29 is 0 Å².